The number of primary amides is 1. The summed E-state index contributed by atoms with van der Waals surface area (Å²) in [7, 11) is 0. The Bertz CT molecular complexity index is 416. The van der Waals surface area contributed by atoms with Crippen LogP contribution in [0.4, 0.5) is 13.2 Å². The molecule has 0 bridgehead atoms. The summed E-state index contributed by atoms with van der Waals surface area (Å²) in [6.07, 6.45) is -5.76. The molecule has 2 N–H and O–H groups in total. The smallest absolute Gasteiger partial charge is 0.369 e. The molecular weight excluding hydrogens is 255 g/mol. The van der Waals surface area contributed by atoms with E-state index < -0.39 is 23.9 Å². The van der Waals surface area contributed by atoms with Crippen LogP contribution in [0, 0.1) is 0 Å². The van der Waals surface area contributed by atoms with E-state index in [0.29, 0.717) is 5.02 Å². The van der Waals surface area contributed by atoms with Gasteiger partial charge in [0.2, 0.25) is 5.91 Å². The van der Waals surface area contributed by atoms with E-state index in [1.165, 1.54) is 31.2 Å². The van der Waals surface area contributed by atoms with Crippen LogP contribution in [-0.2, 0) is 10.2 Å². The summed E-state index contributed by atoms with van der Waals surface area (Å²) >= 11 is 5.64. The zero-order valence-corrected chi connectivity index (χ0v) is 9.77. The maximum absolute atomic E-state index is 12.4. The van der Waals surface area contributed by atoms with Gasteiger partial charge in [-0.15, -0.1) is 0 Å². The highest BCUT2D eigenvalue weighted by molar-refractivity contribution is 6.30. The zero-order valence-electron chi connectivity index (χ0n) is 9.01. The van der Waals surface area contributed by atoms with Gasteiger partial charge in [-0.25, -0.2) is 0 Å². The van der Waals surface area contributed by atoms with Gasteiger partial charge in [0.15, 0.2) is 0 Å². The van der Waals surface area contributed by atoms with Gasteiger partial charge in [0.25, 0.3) is 0 Å². The third-order valence-corrected chi connectivity index (χ3v) is 2.83. The van der Waals surface area contributed by atoms with E-state index in [1.807, 2.05) is 0 Å². The number of hydrogen-bond donors (Lipinski definition) is 1. The molecule has 1 atom stereocenters. The minimum Gasteiger partial charge on any atom is -0.369 e. The van der Waals surface area contributed by atoms with Gasteiger partial charge in [0, 0.05) is 5.02 Å². The molecule has 0 saturated carbocycles. The van der Waals surface area contributed by atoms with Gasteiger partial charge < -0.3 is 5.73 Å². The fourth-order valence-electron chi connectivity index (χ4n) is 1.55. The Morgan fingerprint density at radius 1 is 1.29 bits per heavy atom. The molecule has 0 aromatic heterocycles. The normalized spacial score (nSPS) is 15.4. The third kappa shape index (κ3) is 3.36. The summed E-state index contributed by atoms with van der Waals surface area (Å²) in [5, 5.41) is 0.382. The highest BCUT2D eigenvalue weighted by Crippen LogP contribution is 2.36. The van der Waals surface area contributed by atoms with E-state index in [4.69, 9.17) is 17.3 Å². The Hall–Kier alpha value is -1.23. The molecule has 0 spiro atoms. The van der Waals surface area contributed by atoms with Crippen LogP contribution in [0.15, 0.2) is 24.3 Å². The molecule has 2 nitrogen and oxygen atoms in total. The number of alkyl halides is 3. The van der Waals surface area contributed by atoms with Crippen molar-refractivity contribution in [1.82, 2.24) is 0 Å². The molecular formula is C11H11ClF3NO. The zero-order chi connectivity index (χ0) is 13.3. The molecule has 0 aliphatic rings. The second-order valence-corrected chi connectivity index (χ2v) is 4.43. The second-order valence-electron chi connectivity index (χ2n) is 4.00. The number of benzene rings is 1. The van der Waals surface area contributed by atoms with Crippen molar-refractivity contribution in [2.24, 2.45) is 5.73 Å². The Balaban J connectivity index is 3.16. The lowest BCUT2D eigenvalue weighted by atomic mass is 9.78. The summed E-state index contributed by atoms with van der Waals surface area (Å²) in [6, 6.07) is 5.60. The summed E-state index contributed by atoms with van der Waals surface area (Å²) in [5.41, 5.74) is 3.50. The summed E-state index contributed by atoms with van der Waals surface area (Å²) < 4.78 is 37.3. The van der Waals surface area contributed by atoms with E-state index in [9.17, 15) is 18.0 Å². The molecule has 0 heterocycles. The Kier molecular flexibility index (Phi) is 3.71. The molecule has 0 saturated heterocycles. The number of amides is 1. The highest BCUT2D eigenvalue weighted by Gasteiger charge is 2.44. The van der Waals surface area contributed by atoms with Crippen molar-refractivity contribution in [3.8, 4) is 0 Å². The number of hydrogen-bond acceptors (Lipinski definition) is 1. The monoisotopic (exact) mass is 265 g/mol. The van der Waals surface area contributed by atoms with Crippen molar-refractivity contribution >= 4 is 17.5 Å². The molecule has 0 fully saturated rings. The molecule has 0 radical (unpaired) electrons. The maximum atomic E-state index is 12.4. The van der Waals surface area contributed by atoms with Crippen LogP contribution < -0.4 is 5.73 Å². The van der Waals surface area contributed by atoms with Gasteiger partial charge in [-0.3, -0.25) is 4.79 Å². The number of rotatable bonds is 3. The summed E-state index contributed by atoms with van der Waals surface area (Å²) in [6.45, 7) is 1.17. The van der Waals surface area contributed by atoms with Gasteiger partial charge in [0.05, 0.1) is 11.8 Å². The van der Waals surface area contributed by atoms with Crippen LogP contribution in [0.2, 0.25) is 5.02 Å². The molecule has 17 heavy (non-hydrogen) atoms. The standard InChI is InChI=1S/C11H11ClF3NO/c1-10(9(16)17,6-11(13,14)15)7-2-4-8(12)5-3-7/h2-5H,6H2,1H3,(H2,16,17). The van der Waals surface area contributed by atoms with Crippen LogP contribution in [0.25, 0.3) is 0 Å². The minimum atomic E-state index is -4.47. The van der Waals surface area contributed by atoms with Crippen molar-refractivity contribution in [2.75, 3.05) is 0 Å². The molecule has 1 aromatic carbocycles. The minimum absolute atomic E-state index is 0.201. The highest BCUT2D eigenvalue weighted by atomic mass is 35.5. The SMILES string of the molecule is CC(CC(F)(F)F)(C(N)=O)c1ccc(Cl)cc1. The van der Waals surface area contributed by atoms with Gasteiger partial charge >= 0.3 is 6.18 Å². The molecule has 1 aromatic rings. The molecule has 6 heteroatoms. The molecule has 0 aliphatic carbocycles. The lowest BCUT2D eigenvalue weighted by Crippen LogP contribution is -2.42. The van der Waals surface area contributed by atoms with Crippen LogP contribution in [0.3, 0.4) is 0 Å². The second kappa shape index (κ2) is 4.56. The number of carbonyl (C=O) groups excluding carboxylic acids is 1. The summed E-state index contributed by atoms with van der Waals surface area (Å²) in [5.74, 6) is -1.02. The molecule has 94 valence electrons. The predicted molar refractivity (Wildman–Crippen MR) is 58.7 cm³/mol. The van der Waals surface area contributed by atoms with E-state index in [0.717, 1.165) is 0 Å². The topological polar surface area (TPSA) is 43.1 Å². The summed E-state index contributed by atoms with van der Waals surface area (Å²) in [4.78, 5) is 11.3. The van der Waals surface area contributed by atoms with E-state index in [1.54, 1.807) is 0 Å². The van der Waals surface area contributed by atoms with Crippen LogP contribution in [0.5, 0.6) is 0 Å². The molecule has 0 aliphatic heterocycles. The first-order chi connectivity index (χ1) is 7.65. The van der Waals surface area contributed by atoms with Gasteiger partial charge in [0.1, 0.15) is 0 Å². The number of halogens is 4. The average Bonchev–Trinajstić information content (AvgIpc) is 2.15. The molecule has 1 rings (SSSR count). The van der Waals surface area contributed by atoms with Crippen LogP contribution in [-0.4, -0.2) is 12.1 Å². The van der Waals surface area contributed by atoms with Crippen LogP contribution >= 0.6 is 11.6 Å². The fraction of sp³-hybridized carbons (Fsp3) is 0.364. The number of nitrogens with two attached hydrogens (primary N) is 1. The van der Waals surface area contributed by atoms with Gasteiger partial charge in [-0.2, -0.15) is 13.2 Å². The predicted octanol–water partition coefficient (Wildman–Crippen LogP) is 3.04. The van der Waals surface area contributed by atoms with Crippen molar-refractivity contribution in [3.63, 3.8) is 0 Å². The Labute approximate surface area is 102 Å². The third-order valence-electron chi connectivity index (χ3n) is 2.58. The first kappa shape index (κ1) is 13.8. The van der Waals surface area contributed by atoms with Crippen molar-refractivity contribution < 1.29 is 18.0 Å². The van der Waals surface area contributed by atoms with Crippen LogP contribution in [0.1, 0.15) is 18.9 Å². The average molecular weight is 266 g/mol. The van der Waals surface area contributed by atoms with E-state index in [2.05, 4.69) is 0 Å². The van der Waals surface area contributed by atoms with Gasteiger partial charge in [-0.1, -0.05) is 23.7 Å². The largest absolute Gasteiger partial charge is 0.390 e. The maximum Gasteiger partial charge on any atom is 0.390 e. The molecule has 1 amide bonds. The van der Waals surface area contributed by atoms with Gasteiger partial charge in [-0.05, 0) is 24.6 Å². The quantitative estimate of drug-likeness (QED) is 0.897. The molecule has 1 unspecified atom stereocenters. The number of carbonyl (C=O) groups is 1. The Morgan fingerprint density at radius 3 is 2.12 bits per heavy atom. The van der Waals surface area contributed by atoms with Crippen molar-refractivity contribution in [1.29, 1.82) is 0 Å². The fourth-order valence-corrected chi connectivity index (χ4v) is 1.68. The van der Waals surface area contributed by atoms with E-state index >= 15 is 0 Å². The Morgan fingerprint density at radius 2 is 1.76 bits per heavy atom. The first-order valence-electron chi connectivity index (χ1n) is 4.78. The lowest BCUT2D eigenvalue weighted by Gasteiger charge is -2.27. The van der Waals surface area contributed by atoms with Crippen molar-refractivity contribution in [2.45, 2.75) is 24.9 Å². The first-order valence-corrected chi connectivity index (χ1v) is 5.16. The van der Waals surface area contributed by atoms with Crippen molar-refractivity contribution in [3.05, 3.63) is 34.9 Å². The van der Waals surface area contributed by atoms with E-state index in [-0.39, 0.29) is 5.56 Å². The lowest BCUT2D eigenvalue weighted by molar-refractivity contribution is -0.155.